The van der Waals surface area contributed by atoms with E-state index in [4.69, 9.17) is 5.73 Å². The molecule has 0 unspecified atom stereocenters. The van der Waals surface area contributed by atoms with Crippen LogP contribution in [0.25, 0.3) is 0 Å². The van der Waals surface area contributed by atoms with Crippen LogP contribution in [-0.2, 0) is 0 Å². The zero-order valence-corrected chi connectivity index (χ0v) is 9.95. The molecule has 0 radical (unpaired) electrons. The average molecular weight is 222 g/mol. The van der Waals surface area contributed by atoms with Crippen LogP contribution < -0.4 is 5.73 Å². The summed E-state index contributed by atoms with van der Waals surface area (Å²) in [5.74, 6) is 0.730. The highest BCUT2D eigenvalue weighted by Crippen LogP contribution is 1.99. The number of hydrogen-bond acceptors (Lipinski definition) is 3. The van der Waals surface area contributed by atoms with E-state index in [2.05, 4.69) is 24.2 Å². The van der Waals surface area contributed by atoms with E-state index in [9.17, 15) is 0 Å². The number of rotatable bonds is 6. The highest BCUT2D eigenvalue weighted by atomic mass is 32.1. The molecule has 0 heterocycles. The Labute approximate surface area is 97.4 Å². The topological polar surface area (TPSA) is 38.4 Å². The Balaban J connectivity index is 4.30. The SMILES string of the molecule is C=CC(=C\CN)/N=C/C=C\C(=C/C)CS. The minimum atomic E-state index is 0.471. The van der Waals surface area contributed by atoms with Crippen LogP contribution in [0.5, 0.6) is 0 Å². The van der Waals surface area contributed by atoms with Gasteiger partial charge in [0, 0.05) is 18.5 Å². The van der Waals surface area contributed by atoms with Crippen molar-refractivity contribution in [3.05, 3.63) is 48.2 Å². The maximum absolute atomic E-state index is 5.37. The Morgan fingerprint density at radius 2 is 2.27 bits per heavy atom. The lowest BCUT2D eigenvalue weighted by atomic mass is 10.2. The second-order valence-corrected chi connectivity index (χ2v) is 3.04. The fraction of sp³-hybridized carbons (Fsp3) is 0.250. The molecule has 0 amide bonds. The van der Waals surface area contributed by atoms with Gasteiger partial charge in [0.05, 0.1) is 5.70 Å². The van der Waals surface area contributed by atoms with Crippen molar-refractivity contribution in [2.45, 2.75) is 6.92 Å². The van der Waals surface area contributed by atoms with Crippen LogP contribution in [-0.4, -0.2) is 18.5 Å². The number of hydrogen-bond donors (Lipinski definition) is 2. The van der Waals surface area contributed by atoms with Crippen molar-refractivity contribution in [3.8, 4) is 0 Å². The third-order valence-corrected chi connectivity index (χ3v) is 2.07. The predicted octanol–water partition coefficient (Wildman–Crippen LogP) is 2.52. The van der Waals surface area contributed by atoms with Crippen molar-refractivity contribution in [2.24, 2.45) is 10.7 Å². The number of aliphatic imine (C=N–C) groups is 1. The molecule has 0 aliphatic heterocycles. The van der Waals surface area contributed by atoms with E-state index in [0.717, 1.165) is 17.0 Å². The monoisotopic (exact) mass is 222 g/mol. The zero-order chi connectivity index (χ0) is 11.5. The minimum Gasteiger partial charge on any atom is -0.327 e. The zero-order valence-electron chi connectivity index (χ0n) is 9.06. The normalized spacial score (nSPS) is 14.1. The van der Waals surface area contributed by atoms with Crippen LogP contribution in [0.3, 0.4) is 0 Å². The molecule has 0 atom stereocenters. The lowest BCUT2D eigenvalue weighted by Gasteiger charge is -1.92. The van der Waals surface area contributed by atoms with Gasteiger partial charge in [0.1, 0.15) is 0 Å². The lowest BCUT2D eigenvalue weighted by molar-refractivity contribution is 1.22. The summed E-state index contributed by atoms with van der Waals surface area (Å²) in [5, 5.41) is 0. The van der Waals surface area contributed by atoms with Crippen LogP contribution in [0, 0.1) is 0 Å². The molecule has 0 spiro atoms. The third kappa shape index (κ3) is 6.94. The van der Waals surface area contributed by atoms with Crippen LogP contribution in [0.4, 0.5) is 0 Å². The van der Waals surface area contributed by atoms with Crippen molar-refractivity contribution in [3.63, 3.8) is 0 Å². The van der Waals surface area contributed by atoms with Crippen molar-refractivity contribution >= 4 is 18.8 Å². The average Bonchev–Trinajstić information content (AvgIpc) is 2.28. The van der Waals surface area contributed by atoms with Crippen LogP contribution >= 0.6 is 12.6 Å². The standard InChI is InChI=1S/C12H18N2S/c1-3-11(10-15)6-5-9-14-12(4-2)7-8-13/h3-7,9,15H,2,8,10,13H2,1H3/b6-5-,11-3+,12-7+,14-9+. The Morgan fingerprint density at radius 1 is 1.53 bits per heavy atom. The van der Waals surface area contributed by atoms with Crippen molar-refractivity contribution in [2.75, 3.05) is 12.3 Å². The van der Waals surface area contributed by atoms with Gasteiger partial charge in [0.25, 0.3) is 0 Å². The van der Waals surface area contributed by atoms with Gasteiger partial charge in [-0.05, 0) is 30.7 Å². The number of nitrogens with zero attached hydrogens (tertiary/aromatic N) is 1. The summed E-state index contributed by atoms with van der Waals surface area (Å²) in [4.78, 5) is 4.17. The molecule has 0 aliphatic rings. The lowest BCUT2D eigenvalue weighted by Crippen LogP contribution is -1.93. The summed E-state index contributed by atoms with van der Waals surface area (Å²) in [6, 6.07) is 0. The number of nitrogens with two attached hydrogens (primary N) is 1. The first-order valence-corrected chi connectivity index (χ1v) is 5.41. The van der Waals surface area contributed by atoms with Crippen molar-refractivity contribution in [1.82, 2.24) is 0 Å². The van der Waals surface area contributed by atoms with E-state index in [1.807, 2.05) is 31.2 Å². The molecule has 0 fully saturated rings. The summed E-state index contributed by atoms with van der Waals surface area (Å²) >= 11 is 4.18. The first kappa shape index (κ1) is 13.9. The first-order valence-electron chi connectivity index (χ1n) is 4.78. The second kappa shape index (κ2) is 9.49. The van der Waals surface area contributed by atoms with Gasteiger partial charge in [-0.2, -0.15) is 12.6 Å². The summed E-state index contributed by atoms with van der Waals surface area (Å²) in [5.41, 5.74) is 7.31. The van der Waals surface area contributed by atoms with Gasteiger partial charge in [-0.1, -0.05) is 18.7 Å². The Kier molecular flexibility index (Phi) is 8.82. The second-order valence-electron chi connectivity index (χ2n) is 2.73. The predicted molar refractivity (Wildman–Crippen MR) is 72.6 cm³/mol. The molecule has 0 saturated heterocycles. The molecule has 15 heavy (non-hydrogen) atoms. The molecule has 0 aliphatic carbocycles. The van der Waals surface area contributed by atoms with E-state index in [-0.39, 0.29) is 0 Å². The minimum absolute atomic E-state index is 0.471. The van der Waals surface area contributed by atoms with Crippen molar-refractivity contribution < 1.29 is 0 Å². The van der Waals surface area contributed by atoms with E-state index in [0.29, 0.717) is 6.54 Å². The van der Waals surface area contributed by atoms with Gasteiger partial charge in [-0.3, -0.25) is 4.99 Å². The van der Waals surface area contributed by atoms with E-state index >= 15 is 0 Å². The molecule has 0 rings (SSSR count). The summed E-state index contributed by atoms with van der Waals surface area (Å²) in [6.45, 7) is 6.09. The summed E-state index contributed by atoms with van der Waals surface area (Å²) in [7, 11) is 0. The van der Waals surface area contributed by atoms with Gasteiger partial charge in [-0.25, -0.2) is 0 Å². The smallest absolute Gasteiger partial charge is 0.0596 e. The van der Waals surface area contributed by atoms with Crippen LogP contribution in [0.15, 0.2) is 53.2 Å². The fourth-order valence-electron chi connectivity index (χ4n) is 0.845. The Morgan fingerprint density at radius 3 is 2.73 bits per heavy atom. The van der Waals surface area contributed by atoms with Gasteiger partial charge in [0.2, 0.25) is 0 Å². The highest BCUT2D eigenvalue weighted by molar-refractivity contribution is 7.80. The van der Waals surface area contributed by atoms with Crippen LogP contribution in [0.2, 0.25) is 0 Å². The molecular weight excluding hydrogens is 204 g/mol. The molecule has 0 aromatic carbocycles. The third-order valence-electron chi connectivity index (χ3n) is 1.71. The van der Waals surface area contributed by atoms with E-state index in [1.54, 1.807) is 12.3 Å². The molecule has 2 nitrogen and oxygen atoms in total. The molecule has 0 saturated carbocycles. The molecular formula is C12H18N2S. The van der Waals surface area contributed by atoms with Gasteiger partial charge >= 0.3 is 0 Å². The summed E-state index contributed by atoms with van der Waals surface area (Å²) < 4.78 is 0. The fourth-order valence-corrected chi connectivity index (χ4v) is 1.13. The van der Waals surface area contributed by atoms with Gasteiger partial charge in [-0.15, -0.1) is 0 Å². The molecule has 3 heteroatoms. The quantitative estimate of drug-likeness (QED) is 0.404. The highest BCUT2D eigenvalue weighted by Gasteiger charge is 1.84. The molecule has 2 N–H and O–H groups in total. The molecule has 0 aromatic heterocycles. The molecule has 0 aromatic rings. The maximum Gasteiger partial charge on any atom is 0.0596 e. The summed E-state index contributed by atoms with van der Waals surface area (Å²) in [6.07, 6.45) is 11.1. The van der Waals surface area contributed by atoms with Gasteiger partial charge in [0.15, 0.2) is 0 Å². The maximum atomic E-state index is 5.37. The number of thiol groups is 1. The van der Waals surface area contributed by atoms with Crippen molar-refractivity contribution in [1.29, 1.82) is 0 Å². The van der Waals surface area contributed by atoms with E-state index in [1.165, 1.54) is 0 Å². The van der Waals surface area contributed by atoms with Gasteiger partial charge < -0.3 is 5.73 Å². The largest absolute Gasteiger partial charge is 0.327 e. The Bertz CT molecular complexity index is 299. The van der Waals surface area contributed by atoms with E-state index < -0.39 is 0 Å². The number of allylic oxidation sites excluding steroid dienone is 4. The molecule has 0 bridgehead atoms. The first-order chi connectivity index (χ1) is 7.28. The Hall–Kier alpha value is -1.06. The molecule has 82 valence electrons. The van der Waals surface area contributed by atoms with Crippen LogP contribution in [0.1, 0.15) is 6.92 Å².